The molecule has 3 rings (SSSR count). The highest BCUT2D eigenvalue weighted by Crippen LogP contribution is 2.41. The van der Waals surface area contributed by atoms with E-state index in [4.69, 9.17) is 16.3 Å². The molecule has 1 saturated heterocycles. The number of anilines is 2. The van der Waals surface area contributed by atoms with Gasteiger partial charge < -0.3 is 15.0 Å². The minimum absolute atomic E-state index is 0.0843. The van der Waals surface area contributed by atoms with Gasteiger partial charge >= 0.3 is 6.18 Å². The molecule has 0 spiro atoms. The highest BCUT2D eigenvalue weighted by atomic mass is 35.5. The molecule has 1 unspecified atom stereocenters. The smallest absolute Gasteiger partial charge is 0.378 e. The second-order valence-corrected chi connectivity index (χ2v) is 9.77. The third-order valence-corrected chi connectivity index (χ3v) is 7.07. The van der Waals surface area contributed by atoms with Crippen molar-refractivity contribution >= 4 is 33.0 Å². The monoisotopic (exact) mass is 477 g/mol. The summed E-state index contributed by atoms with van der Waals surface area (Å²) < 4.78 is 72.7. The second-order valence-electron chi connectivity index (χ2n) is 7.21. The lowest BCUT2D eigenvalue weighted by Gasteiger charge is -2.33. The molecule has 0 aromatic heterocycles. The number of nitrogens with one attached hydrogen (secondary N) is 1. The Kier molecular flexibility index (Phi) is 7.04. The first-order valence-corrected chi connectivity index (χ1v) is 11.3. The standard InChI is InChI=1S/C20H23ClF3N3O3S/c1-26(2)31(28,29)15-8-6-14(7-9-15)19(20(22,23)24)25-17-5-3-4-16(21)18(17)27-10-12-30-13-11-27/h3-9,19,25H,10-13H2,1-2H3. The first kappa shape index (κ1) is 23.6. The summed E-state index contributed by atoms with van der Waals surface area (Å²) in [5, 5.41) is 2.90. The number of para-hydroxylation sites is 1. The molecule has 2 aromatic rings. The van der Waals surface area contributed by atoms with E-state index in [9.17, 15) is 21.6 Å². The van der Waals surface area contributed by atoms with Crippen LogP contribution in [0.25, 0.3) is 0 Å². The minimum atomic E-state index is -4.63. The number of hydrogen-bond donors (Lipinski definition) is 1. The zero-order valence-electron chi connectivity index (χ0n) is 17.0. The van der Waals surface area contributed by atoms with Crippen LogP contribution in [0.15, 0.2) is 47.4 Å². The van der Waals surface area contributed by atoms with E-state index in [1.165, 1.54) is 38.4 Å². The molecule has 0 radical (unpaired) electrons. The summed E-state index contributed by atoms with van der Waals surface area (Å²) >= 11 is 6.33. The largest absolute Gasteiger partial charge is 0.412 e. The molecule has 31 heavy (non-hydrogen) atoms. The van der Waals surface area contributed by atoms with Gasteiger partial charge in [0.2, 0.25) is 10.0 Å². The van der Waals surface area contributed by atoms with Crippen molar-refractivity contribution in [1.29, 1.82) is 0 Å². The first-order chi connectivity index (χ1) is 14.5. The van der Waals surface area contributed by atoms with Crippen LogP contribution in [0.3, 0.4) is 0 Å². The Labute approximate surface area is 184 Å². The summed E-state index contributed by atoms with van der Waals surface area (Å²) in [6.45, 7) is 1.92. The van der Waals surface area contributed by atoms with Gasteiger partial charge in [-0.1, -0.05) is 29.8 Å². The quantitative estimate of drug-likeness (QED) is 0.677. The van der Waals surface area contributed by atoms with Crippen LogP contribution in [0.2, 0.25) is 5.02 Å². The van der Waals surface area contributed by atoms with E-state index >= 15 is 0 Å². The van der Waals surface area contributed by atoms with Crippen LogP contribution < -0.4 is 10.2 Å². The average molecular weight is 478 g/mol. The Morgan fingerprint density at radius 3 is 2.26 bits per heavy atom. The summed E-state index contributed by atoms with van der Waals surface area (Å²) in [4.78, 5) is 1.80. The Balaban J connectivity index is 1.97. The lowest BCUT2D eigenvalue weighted by atomic mass is 10.1. The fraction of sp³-hybridized carbons (Fsp3) is 0.400. The van der Waals surface area contributed by atoms with E-state index in [1.807, 2.05) is 4.90 Å². The van der Waals surface area contributed by atoms with Crippen LogP contribution in [-0.2, 0) is 14.8 Å². The van der Waals surface area contributed by atoms with Crippen LogP contribution in [0.4, 0.5) is 24.5 Å². The normalized spacial score (nSPS) is 16.4. The van der Waals surface area contributed by atoms with Gasteiger partial charge in [-0.05, 0) is 29.8 Å². The van der Waals surface area contributed by atoms with Crippen molar-refractivity contribution in [2.75, 3.05) is 50.6 Å². The molecule has 6 nitrogen and oxygen atoms in total. The summed E-state index contributed by atoms with van der Waals surface area (Å²) in [7, 11) is -1.03. The number of sulfonamides is 1. The summed E-state index contributed by atoms with van der Waals surface area (Å²) in [5.74, 6) is 0. The van der Waals surface area contributed by atoms with E-state index in [2.05, 4.69) is 5.32 Å². The van der Waals surface area contributed by atoms with Crippen molar-refractivity contribution in [2.24, 2.45) is 0 Å². The van der Waals surface area contributed by atoms with E-state index in [0.29, 0.717) is 37.0 Å². The van der Waals surface area contributed by atoms with Crippen LogP contribution in [0.1, 0.15) is 11.6 Å². The Hall–Kier alpha value is -2.01. The van der Waals surface area contributed by atoms with Crippen LogP contribution in [0, 0.1) is 0 Å². The molecule has 1 N–H and O–H groups in total. The number of hydrogen-bond acceptors (Lipinski definition) is 5. The molecule has 0 aliphatic carbocycles. The highest BCUT2D eigenvalue weighted by Gasteiger charge is 2.41. The second kappa shape index (κ2) is 9.23. The molecule has 0 amide bonds. The van der Waals surface area contributed by atoms with E-state index in [-0.39, 0.29) is 16.1 Å². The van der Waals surface area contributed by atoms with Gasteiger partial charge in [0.25, 0.3) is 0 Å². The van der Waals surface area contributed by atoms with Crippen LogP contribution in [0.5, 0.6) is 0 Å². The SMILES string of the molecule is CN(C)S(=O)(=O)c1ccc(C(Nc2cccc(Cl)c2N2CCOCC2)C(F)(F)F)cc1. The maximum Gasteiger partial charge on any atom is 0.412 e. The number of rotatable bonds is 6. The van der Waals surface area contributed by atoms with Gasteiger partial charge in [-0.2, -0.15) is 13.2 Å². The van der Waals surface area contributed by atoms with Gasteiger partial charge in [0.05, 0.1) is 34.5 Å². The van der Waals surface area contributed by atoms with Crippen molar-refractivity contribution in [2.45, 2.75) is 17.1 Å². The number of alkyl halides is 3. The number of nitrogens with zero attached hydrogens (tertiary/aromatic N) is 2. The predicted octanol–water partition coefficient (Wildman–Crippen LogP) is 4.14. The number of halogens is 4. The topological polar surface area (TPSA) is 61.9 Å². The average Bonchev–Trinajstić information content (AvgIpc) is 2.72. The van der Waals surface area contributed by atoms with Gasteiger partial charge in [0.15, 0.2) is 0 Å². The molecule has 0 saturated carbocycles. The zero-order valence-corrected chi connectivity index (χ0v) is 18.6. The molecule has 0 bridgehead atoms. The maximum absolute atomic E-state index is 14.0. The molecular formula is C20H23ClF3N3O3S. The molecule has 1 aliphatic rings. The number of ether oxygens (including phenoxy) is 1. The highest BCUT2D eigenvalue weighted by molar-refractivity contribution is 7.89. The maximum atomic E-state index is 14.0. The first-order valence-electron chi connectivity index (χ1n) is 9.49. The van der Waals surface area contributed by atoms with Crippen LogP contribution in [-0.4, -0.2) is 59.3 Å². The molecule has 1 atom stereocenters. The van der Waals surface area contributed by atoms with Crippen molar-refractivity contribution in [3.05, 3.63) is 53.1 Å². The number of benzene rings is 2. The molecule has 1 heterocycles. The Morgan fingerprint density at radius 2 is 1.71 bits per heavy atom. The van der Waals surface area contributed by atoms with Crippen molar-refractivity contribution < 1.29 is 26.3 Å². The summed E-state index contributed by atoms with van der Waals surface area (Å²) in [6, 6.07) is 7.37. The fourth-order valence-electron chi connectivity index (χ4n) is 3.29. The predicted molar refractivity (Wildman–Crippen MR) is 114 cm³/mol. The van der Waals surface area contributed by atoms with Gasteiger partial charge in [0.1, 0.15) is 6.04 Å². The minimum Gasteiger partial charge on any atom is -0.378 e. The lowest BCUT2D eigenvalue weighted by Crippen LogP contribution is -2.37. The third kappa shape index (κ3) is 5.25. The lowest BCUT2D eigenvalue weighted by molar-refractivity contribution is -0.144. The van der Waals surface area contributed by atoms with Crippen molar-refractivity contribution in [1.82, 2.24) is 4.31 Å². The zero-order chi connectivity index (χ0) is 22.8. The summed E-state index contributed by atoms with van der Waals surface area (Å²) in [5.41, 5.74) is 0.605. The molecule has 1 fully saturated rings. The Morgan fingerprint density at radius 1 is 1.10 bits per heavy atom. The fourth-order valence-corrected chi connectivity index (χ4v) is 4.49. The van der Waals surface area contributed by atoms with Gasteiger partial charge in [0, 0.05) is 27.2 Å². The van der Waals surface area contributed by atoms with E-state index in [0.717, 1.165) is 4.31 Å². The van der Waals surface area contributed by atoms with Gasteiger partial charge in [-0.15, -0.1) is 0 Å². The van der Waals surface area contributed by atoms with Gasteiger partial charge in [-0.25, -0.2) is 12.7 Å². The van der Waals surface area contributed by atoms with Crippen molar-refractivity contribution in [3.8, 4) is 0 Å². The molecule has 11 heteroatoms. The van der Waals surface area contributed by atoms with Gasteiger partial charge in [-0.3, -0.25) is 0 Å². The molecule has 1 aliphatic heterocycles. The molecule has 170 valence electrons. The van der Waals surface area contributed by atoms with Crippen LogP contribution >= 0.6 is 11.6 Å². The molecule has 2 aromatic carbocycles. The number of morpholine rings is 1. The van der Waals surface area contributed by atoms with E-state index < -0.39 is 22.2 Å². The van der Waals surface area contributed by atoms with Crippen molar-refractivity contribution in [3.63, 3.8) is 0 Å². The Bertz CT molecular complexity index is 1010. The van der Waals surface area contributed by atoms with E-state index in [1.54, 1.807) is 18.2 Å². The molecular weight excluding hydrogens is 455 g/mol. The summed E-state index contributed by atoms with van der Waals surface area (Å²) in [6.07, 6.45) is -4.63. The third-order valence-electron chi connectivity index (χ3n) is 4.93.